The summed E-state index contributed by atoms with van der Waals surface area (Å²) >= 11 is 0. The summed E-state index contributed by atoms with van der Waals surface area (Å²) in [5.41, 5.74) is 17.0. The quantitative estimate of drug-likeness (QED) is 0.160. The predicted molar refractivity (Wildman–Crippen MR) is 265 cm³/mol. The molecule has 0 saturated heterocycles. The monoisotopic (exact) mass is 801 g/mol. The van der Waals surface area contributed by atoms with Crippen LogP contribution in [0.1, 0.15) is 52.7 Å². The van der Waals surface area contributed by atoms with Crippen molar-refractivity contribution in [2.45, 2.75) is 52.4 Å². The Morgan fingerprint density at radius 2 is 0.871 bits per heavy atom. The molecule has 0 unspecified atom stereocenters. The van der Waals surface area contributed by atoms with Crippen LogP contribution in [-0.4, -0.2) is 0 Å². The molecule has 0 aliphatic heterocycles. The van der Waals surface area contributed by atoms with E-state index in [1.807, 2.05) is 6.07 Å². The van der Waals surface area contributed by atoms with Crippen molar-refractivity contribution in [1.82, 2.24) is 0 Å². The van der Waals surface area contributed by atoms with Crippen molar-refractivity contribution in [3.05, 3.63) is 211 Å². The molecular weight excluding hydrogens is 751 g/mol. The Morgan fingerprint density at radius 1 is 0.371 bits per heavy atom. The first-order chi connectivity index (χ1) is 30.0. The highest BCUT2D eigenvalue weighted by Crippen LogP contribution is 2.49. The number of hydrogen-bond acceptors (Lipinski definition) is 2. The largest absolute Gasteiger partial charge is 0.455 e. The van der Waals surface area contributed by atoms with E-state index in [0.717, 1.165) is 55.7 Å². The molecule has 0 N–H and O–H groups in total. The third-order valence-electron chi connectivity index (χ3n) is 12.4. The van der Waals surface area contributed by atoms with E-state index in [1.165, 1.54) is 49.7 Å². The van der Waals surface area contributed by atoms with Gasteiger partial charge in [-0.2, -0.15) is 0 Å². The molecule has 0 saturated carbocycles. The summed E-state index contributed by atoms with van der Waals surface area (Å²) in [4.78, 5) is 2.44. The van der Waals surface area contributed by atoms with Gasteiger partial charge in [0.1, 0.15) is 11.2 Å². The lowest BCUT2D eigenvalue weighted by Crippen LogP contribution is -2.16. The SMILES string of the molecule is CC(C)(C)c1cc(-c2cccc3cccc(-c4ccccc4N(c4ccc(-c5ccccc5)cc4)c4ccccc4-c4cccc5c4oc4ccccc45)c23)cc(C(C)(C)C)c1. The average molecular weight is 802 g/mol. The van der Waals surface area contributed by atoms with Crippen molar-refractivity contribution >= 4 is 49.8 Å². The zero-order valence-corrected chi connectivity index (χ0v) is 36.4. The van der Waals surface area contributed by atoms with E-state index in [2.05, 4.69) is 241 Å². The summed E-state index contributed by atoms with van der Waals surface area (Å²) in [5.74, 6) is 0. The molecule has 0 fully saturated rings. The zero-order chi connectivity index (χ0) is 42.6. The second-order valence-electron chi connectivity index (χ2n) is 18.6. The molecule has 2 nitrogen and oxygen atoms in total. The van der Waals surface area contributed by atoms with Crippen molar-refractivity contribution in [2.24, 2.45) is 0 Å². The van der Waals surface area contributed by atoms with E-state index in [9.17, 15) is 0 Å². The number of furan rings is 1. The smallest absolute Gasteiger partial charge is 0.143 e. The van der Waals surface area contributed by atoms with Gasteiger partial charge in [0, 0.05) is 33.2 Å². The number of rotatable bonds is 7. The summed E-state index contributed by atoms with van der Waals surface area (Å²) in [5, 5.41) is 4.69. The van der Waals surface area contributed by atoms with Crippen LogP contribution in [0.5, 0.6) is 0 Å². The topological polar surface area (TPSA) is 16.4 Å². The Hall–Kier alpha value is -7.16. The summed E-state index contributed by atoms with van der Waals surface area (Å²) in [6, 6.07) is 73.0. The maximum atomic E-state index is 6.69. The van der Waals surface area contributed by atoms with E-state index in [1.54, 1.807) is 0 Å². The minimum atomic E-state index is -0.00726. The number of hydrogen-bond donors (Lipinski definition) is 0. The zero-order valence-electron chi connectivity index (χ0n) is 36.4. The molecule has 1 aromatic heterocycles. The van der Waals surface area contributed by atoms with Crippen molar-refractivity contribution in [2.75, 3.05) is 4.90 Å². The van der Waals surface area contributed by atoms with Crippen LogP contribution in [0.2, 0.25) is 0 Å². The van der Waals surface area contributed by atoms with Gasteiger partial charge in [-0.25, -0.2) is 0 Å². The molecule has 2 heteroatoms. The van der Waals surface area contributed by atoms with Gasteiger partial charge in [-0.05, 0) is 90.9 Å². The predicted octanol–water partition coefficient (Wildman–Crippen LogP) is 17.5. The van der Waals surface area contributed by atoms with Gasteiger partial charge in [0.2, 0.25) is 0 Å². The van der Waals surface area contributed by atoms with Crippen LogP contribution in [0.15, 0.2) is 205 Å². The molecule has 0 spiro atoms. The lowest BCUT2D eigenvalue weighted by Gasteiger charge is -2.30. The number of anilines is 3. The molecule has 0 atom stereocenters. The third kappa shape index (κ3) is 7.06. The maximum Gasteiger partial charge on any atom is 0.143 e. The molecule has 302 valence electrons. The Balaban J connectivity index is 1.23. The molecule has 1 heterocycles. The van der Waals surface area contributed by atoms with Gasteiger partial charge in [0.15, 0.2) is 0 Å². The molecule has 9 aromatic carbocycles. The van der Waals surface area contributed by atoms with Crippen LogP contribution in [0.25, 0.3) is 77.2 Å². The van der Waals surface area contributed by atoms with E-state index >= 15 is 0 Å². The molecule has 10 rings (SSSR count). The number of fused-ring (bicyclic) bond motifs is 4. The average Bonchev–Trinajstić information content (AvgIpc) is 3.68. The van der Waals surface area contributed by atoms with Crippen LogP contribution in [0.4, 0.5) is 17.1 Å². The minimum absolute atomic E-state index is 0.00726. The van der Waals surface area contributed by atoms with Gasteiger partial charge < -0.3 is 9.32 Å². The molecule has 0 aliphatic rings. The second-order valence-corrected chi connectivity index (χ2v) is 18.6. The lowest BCUT2D eigenvalue weighted by molar-refractivity contribution is 0.569. The van der Waals surface area contributed by atoms with E-state index in [-0.39, 0.29) is 10.8 Å². The second kappa shape index (κ2) is 15.4. The van der Waals surface area contributed by atoms with Gasteiger partial charge in [-0.1, -0.05) is 211 Å². The summed E-state index contributed by atoms with van der Waals surface area (Å²) < 4.78 is 6.69. The molecule has 0 bridgehead atoms. The van der Waals surface area contributed by atoms with E-state index < -0.39 is 0 Å². The number of nitrogens with zero attached hydrogens (tertiary/aromatic N) is 1. The molecule has 0 aliphatic carbocycles. The first kappa shape index (κ1) is 39.0. The highest BCUT2D eigenvalue weighted by Gasteiger charge is 2.25. The first-order valence-corrected chi connectivity index (χ1v) is 21.8. The third-order valence-corrected chi connectivity index (χ3v) is 12.4. The van der Waals surface area contributed by atoms with Crippen molar-refractivity contribution in [3.8, 4) is 44.5 Å². The highest BCUT2D eigenvalue weighted by molar-refractivity contribution is 6.12. The lowest BCUT2D eigenvalue weighted by atomic mass is 9.78. The van der Waals surface area contributed by atoms with E-state index in [0.29, 0.717) is 0 Å². The Morgan fingerprint density at radius 3 is 1.53 bits per heavy atom. The molecular formula is C60H51NO. The number of benzene rings is 9. The molecule has 62 heavy (non-hydrogen) atoms. The summed E-state index contributed by atoms with van der Waals surface area (Å²) in [6.45, 7) is 13.9. The van der Waals surface area contributed by atoms with Gasteiger partial charge in [-0.15, -0.1) is 0 Å². The summed E-state index contributed by atoms with van der Waals surface area (Å²) in [7, 11) is 0. The Kier molecular flexibility index (Phi) is 9.68. The Labute approximate surface area is 365 Å². The fourth-order valence-corrected chi connectivity index (χ4v) is 9.05. The van der Waals surface area contributed by atoms with Crippen LogP contribution in [0, 0.1) is 0 Å². The van der Waals surface area contributed by atoms with Gasteiger partial charge in [0.05, 0.1) is 11.4 Å². The van der Waals surface area contributed by atoms with Crippen LogP contribution in [-0.2, 0) is 10.8 Å². The minimum Gasteiger partial charge on any atom is -0.455 e. The molecule has 0 amide bonds. The normalized spacial score (nSPS) is 12.0. The van der Waals surface area contributed by atoms with Crippen LogP contribution >= 0.6 is 0 Å². The Bertz CT molecular complexity index is 3210. The first-order valence-electron chi connectivity index (χ1n) is 21.8. The molecule has 10 aromatic rings. The van der Waals surface area contributed by atoms with Crippen molar-refractivity contribution in [1.29, 1.82) is 0 Å². The number of para-hydroxylation sites is 4. The van der Waals surface area contributed by atoms with Gasteiger partial charge in [-0.3, -0.25) is 0 Å². The fraction of sp³-hybridized carbons (Fsp3) is 0.133. The molecule has 0 radical (unpaired) electrons. The fourth-order valence-electron chi connectivity index (χ4n) is 9.05. The van der Waals surface area contributed by atoms with E-state index in [4.69, 9.17) is 4.42 Å². The van der Waals surface area contributed by atoms with Crippen molar-refractivity contribution < 1.29 is 4.42 Å². The maximum absolute atomic E-state index is 6.69. The standard InChI is InChI=1S/C60H51NO/c1-59(2,3)44-37-43(38-45(39-44)60(4,5)6)47-26-16-21-42-22-17-27-51(57(42)47)48-23-10-13-30-54(48)61(46-35-33-41(34-36-46)40-19-8-7-9-20-40)55-31-14-11-24-49(55)52-28-18-29-53-50-25-12-15-32-56(50)62-58(52)53/h7-39H,1-6H3. The van der Waals surface area contributed by atoms with Gasteiger partial charge in [0.25, 0.3) is 0 Å². The van der Waals surface area contributed by atoms with Crippen molar-refractivity contribution in [3.63, 3.8) is 0 Å². The van der Waals surface area contributed by atoms with Crippen LogP contribution < -0.4 is 4.90 Å². The summed E-state index contributed by atoms with van der Waals surface area (Å²) in [6.07, 6.45) is 0. The highest BCUT2D eigenvalue weighted by atomic mass is 16.3. The van der Waals surface area contributed by atoms with Gasteiger partial charge >= 0.3 is 0 Å². The van der Waals surface area contributed by atoms with Crippen LogP contribution in [0.3, 0.4) is 0 Å².